The summed E-state index contributed by atoms with van der Waals surface area (Å²) in [6.07, 6.45) is 2.05. The van der Waals surface area contributed by atoms with Gasteiger partial charge in [0.05, 0.1) is 11.6 Å². The molecule has 266 valence electrons. The molecule has 1 aliphatic carbocycles. The summed E-state index contributed by atoms with van der Waals surface area (Å²) in [5.74, 6) is -1.72. The van der Waals surface area contributed by atoms with Crippen molar-refractivity contribution in [3.63, 3.8) is 0 Å². The molecule has 6 rings (SSSR count). The van der Waals surface area contributed by atoms with E-state index in [2.05, 4.69) is 44.9 Å². The number of nitrogens with one attached hydrogen (secondary N) is 2. The van der Waals surface area contributed by atoms with E-state index in [-0.39, 0.29) is 35.8 Å². The molecule has 11 nitrogen and oxygen atoms in total. The van der Waals surface area contributed by atoms with Gasteiger partial charge in [0.1, 0.15) is 11.7 Å². The molecule has 11 heteroatoms. The molecule has 4 amide bonds. The van der Waals surface area contributed by atoms with Gasteiger partial charge in [0.25, 0.3) is 5.91 Å². The molecule has 0 unspecified atom stereocenters. The monoisotopic (exact) mass is 689 g/mol. The van der Waals surface area contributed by atoms with E-state index < -0.39 is 17.9 Å². The van der Waals surface area contributed by atoms with Gasteiger partial charge in [-0.1, -0.05) is 73.7 Å². The Morgan fingerprint density at radius 3 is 2.08 bits per heavy atom. The van der Waals surface area contributed by atoms with Crippen LogP contribution in [0.25, 0.3) is 0 Å². The van der Waals surface area contributed by atoms with Crippen molar-refractivity contribution < 1.29 is 19.2 Å². The number of primary amides is 1. The number of amides is 4. The summed E-state index contributed by atoms with van der Waals surface area (Å²) in [4.78, 5) is 56.7. The van der Waals surface area contributed by atoms with Gasteiger partial charge in [0.15, 0.2) is 0 Å². The Hall–Kier alpha value is -5.29. The Labute approximate surface area is 299 Å². The minimum atomic E-state index is -0.694. The third-order valence-electron chi connectivity index (χ3n) is 10.1. The summed E-state index contributed by atoms with van der Waals surface area (Å²) in [5.41, 5.74) is 11.6. The molecule has 0 bridgehead atoms. The molecule has 0 radical (unpaired) electrons. The van der Waals surface area contributed by atoms with Crippen molar-refractivity contribution in [1.82, 2.24) is 24.9 Å². The highest BCUT2D eigenvalue weighted by molar-refractivity contribution is 5.97. The number of aryl methyl sites for hydroxylation is 1. The Balaban J connectivity index is 1.13. The van der Waals surface area contributed by atoms with Gasteiger partial charge in [-0.15, -0.1) is 0 Å². The number of aromatic nitrogens is 2. The smallest absolute Gasteiger partial charge is 0.266 e. The SMILES string of the molecule is CCC(=O)N[C@H](Cc1ccc(NC(=O)[C@H](c2cc(C(N)=O)n(CC)n2)C2Cc3ccccc3C2)cc1)C(=O)N1CCN(Cc2ccccc2)CC1. The summed E-state index contributed by atoms with van der Waals surface area (Å²) in [6.45, 7) is 7.66. The molecule has 2 atom stereocenters. The number of carbonyl (C=O) groups is 4. The normalized spacial score (nSPS) is 15.9. The lowest BCUT2D eigenvalue weighted by molar-refractivity contribution is -0.138. The fourth-order valence-electron chi connectivity index (χ4n) is 7.31. The number of benzene rings is 3. The molecule has 1 aromatic heterocycles. The van der Waals surface area contributed by atoms with Gasteiger partial charge in [-0.05, 0) is 66.1 Å². The quantitative estimate of drug-likeness (QED) is 0.194. The van der Waals surface area contributed by atoms with Crippen molar-refractivity contribution in [2.24, 2.45) is 11.7 Å². The fraction of sp³-hybridized carbons (Fsp3) is 0.375. The zero-order valence-electron chi connectivity index (χ0n) is 29.4. The second-order valence-corrected chi connectivity index (χ2v) is 13.5. The summed E-state index contributed by atoms with van der Waals surface area (Å²) >= 11 is 0. The zero-order chi connectivity index (χ0) is 35.9. The van der Waals surface area contributed by atoms with Gasteiger partial charge < -0.3 is 21.3 Å². The van der Waals surface area contributed by atoms with Crippen molar-refractivity contribution in [3.05, 3.63) is 119 Å². The molecule has 4 N–H and O–H groups in total. The average molecular weight is 690 g/mol. The topological polar surface area (TPSA) is 143 Å². The van der Waals surface area contributed by atoms with Gasteiger partial charge in [-0.2, -0.15) is 5.10 Å². The van der Waals surface area contributed by atoms with Crippen LogP contribution in [-0.2, 0) is 46.7 Å². The molecule has 0 spiro atoms. The van der Waals surface area contributed by atoms with Gasteiger partial charge in [0.2, 0.25) is 17.7 Å². The fourth-order valence-corrected chi connectivity index (χ4v) is 7.31. The first-order chi connectivity index (χ1) is 24.7. The standard InChI is InChI=1S/C40H47N7O4/c1-3-36(48)43-34(40(51)46-20-18-45(19-21-46)26-28-10-6-5-7-11-28)22-27-14-16-32(17-15-27)42-39(50)37(31-23-29-12-8-9-13-30(29)24-31)33-25-35(38(41)49)47(4-2)44-33/h5-17,25,31,34,37H,3-4,18-24,26H2,1-2H3,(H2,41,49)(H,42,50)(H,43,48)/t34-,37+/m1/s1. The van der Waals surface area contributed by atoms with E-state index in [0.717, 1.165) is 38.0 Å². The highest BCUT2D eigenvalue weighted by Gasteiger charge is 2.37. The molecular weight excluding hydrogens is 642 g/mol. The van der Waals surface area contributed by atoms with E-state index in [4.69, 9.17) is 5.73 Å². The molecule has 0 saturated carbocycles. The molecule has 3 aromatic carbocycles. The van der Waals surface area contributed by atoms with Crippen molar-refractivity contribution in [3.8, 4) is 0 Å². The lowest BCUT2D eigenvalue weighted by Gasteiger charge is -2.36. The highest BCUT2D eigenvalue weighted by atomic mass is 16.2. The van der Waals surface area contributed by atoms with Crippen LogP contribution in [0.2, 0.25) is 0 Å². The van der Waals surface area contributed by atoms with Crippen molar-refractivity contribution in [1.29, 1.82) is 0 Å². The van der Waals surface area contributed by atoms with Crippen LogP contribution in [0.1, 0.15) is 64.6 Å². The Bertz CT molecular complexity index is 1820. The average Bonchev–Trinajstić information content (AvgIpc) is 3.77. The molecule has 4 aromatic rings. The maximum Gasteiger partial charge on any atom is 0.266 e. The minimum absolute atomic E-state index is 0.0447. The number of anilines is 1. The number of hydrogen-bond donors (Lipinski definition) is 3. The number of nitrogens with two attached hydrogens (primary N) is 1. The van der Waals surface area contributed by atoms with Crippen molar-refractivity contribution in [2.75, 3.05) is 31.5 Å². The predicted molar refractivity (Wildman–Crippen MR) is 196 cm³/mol. The van der Waals surface area contributed by atoms with Crippen LogP contribution in [0.3, 0.4) is 0 Å². The van der Waals surface area contributed by atoms with Gasteiger partial charge in [0, 0.05) is 57.8 Å². The van der Waals surface area contributed by atoms with Crippen LogP contribution in [-0.4, -0.2) is 75.4 Å². The van der Waals surface area contributed by atoms with Crippen LogP contribution >= 0.6 is 0 Å². The maximum absolute atomic E-state index is 14.1. The minimum Gasteiger partial charge on any atom is -0.364 e. The van der Waals surface area contributed by atoms with E-state index in [1.165, 1.54) is 16.7 Å². The van der Waals surface area contributed by atoms with Crippen molar-refractivity contribution >= 4 is 29.3 Å². The summed E-state index contributed by atoms with van der Waals surface area (Å²) < 4.78 is 1.55. The number of hydrogen-bond acceptors (Lipinski definition) is 6. The summed E-state index contributed by atoms with van der Waals surface area (Å²) in [7, 11) is 0. The molecule has 51 heavy (non-hydrogen) atoms. The molecule has 1 aliphatic heterocycles. The Kier molecular flexibility index (Phi) is 11.3. The summed E-state index contributed by atoms with van der Waals surface area (Å²) in [5, 5.41) is 10.7. The Morgan fingerprint density at radius 1 is 0.843 bits per heavy atom. The summed E-state index contributed by atoms with van der Waals surface area (Å²) in [6, 6.07) is 26.8. The van der Waals surface area contributed by atoms with E-state index in [1.807, 2.05) is 66.4 Å². The first-order valence-corrected chi connectivity index (χ1v) is 17.9. The largest absolute Gasteiger partial charge is 0.364 e. The maximum atomic E-state index is 14.1. The molecule has 2 aliphatic rings. The number of fused-ring (bicyclic) bond motifs is 1. The first kappa shape index (κ1) is 35.5. The molecule has 1 saturated heterocycles. The lowest BCUT2D eigenvalue weighted by atomic mass is 9.86. The van der Waals surface area contributed by atoms with Gasteiger partial charge in [-0.25, -0.2) is 0 Å². The lowest BCUT2D eigenvalue weighted by Crippen LogP contribution is -2.55. The number of nitrogens with zero attached hydrogens (tertiary/aromatic N) is 4. The molecular formula is C40H47N7O4. The van der Waals surface area contributed by atoms with E-state index in [9.17, 15) is 19.2 Å². The van der Waals surface area contributed by atoms with E-state index in [0.29, 0.717) is 37.4 Å². The number of piperazine rings is 1. The van der Waals surface area contributed by atoms with Crippen LogP contribution in [0.5, 0.6) is 0 Å². The highest BCUT2D eigenvalue weighted by Crippen LogP contribution is 2.37. The van der Waals surface area contributed by atoms with E-state index in [1.54, 1.807) is 17.7 Å². The third kappa shape index (κ3) is 8.54. The van der Waals surface area contributed by atoms with Crippen LogP contribution in [0, 0.1) is 5.92 Å². The number of rotatable bonds is 13. The van der Waals surface area contributed by atoms with E-state index >= 15 is 0 Å². The van der Waals surface area contributed by atoms with Gasteiger partial charge in [-0.3, -0.25) is 28.8 Å². The first-order valence-electron chi connectivity index (χ1n) is 17.9. The second kappa shape index (κ2) is 16.2. The third-order valence-corrected chi connectivity index (χ3v) is 10.1. The Morgan fingerprint density at radius 2 is 1.49 bits per heavy atom. The molecule has 1 fully saturated rings. The van der Waals surface area contributed by atoms with Crippen LogP contribution < -0.4 is 16.4 Å². The predicted octanol–water partition coefficient (Wildman–Crippen LogP) is 3.92. The number of carbonyl (C=O) groups excluding carboxylic acids is 4. The molecule has 2 heterocycles. The van der Waals surface area contributed by atoms with Gasteiger partial charge >= 0.3 is 0 Å². The van der Waals surface area contributed by atoms with Crippen LogP contribution in [0.15, 0.2) is 84.9 Å². The van der Waals surface area contributed by atoms with Crippen LogP contribution in [0.4, 0.5) is 5.69 Å². The zero-order valence-corrected chi connectivity index (χ0v) is 29.4. The second-order valence-electron chi connectivity index (χ2n) is 13.5. The van der Waals surface area contributed by atoms with Crippen molar-refractivity contribution in [2.45, 2.75) is 64.6 Å².